The number of hydrogen-bond acceptors (Lipinski definition) is 3. The molecule has 0 aliphatic carbocycles. The molecule has 0 spiro atoms. The number of benzene rings is 1. The molecule has 1 heterocycles. The van der Waals surface area contributed by atoms with Crippen LogP contribution in [0.25, 0.3) is 0 Å². The number of nitrogens with one attached hydrogen (secondary N) is 2. The van der Waals surface area contributed by atoms with Crippen LogP contribution in [-0.2, 0) is 0 Å². The van der Waals surface area contributed by atoms with E-state index in [1.165, 1.54) is 7.05 Å². The minimum atomic E-state index is -0.799. The number of anilines is 3. The normalized spacial score (nSPS) is 10.4. The molecule has 0 bridgehead atoms. The number of rotatable bonds is 3. The molecule has 3 nitrogen and oxygen atoms in total. The monoisotopic (exact) mass is 347 g/mol. The van der Waals surface area contributed by atoms with Gasteiger partial charge in [0.2, 0.25) is 0 Å². The van der Waals surface area contributed by atoms with Crippen LogP contribution in [-0.4, -0.2) is 12.0 Å². The third-order valence-corrected chi connectivity index (χ3v) is 3.17. The van der Waals surface area contributed by atoms with Crippen molar-refractivity contribution in [3.05, 3.63) is 45.4 Å². The molecule has 1 aromatic carbocycles. The van der Waals surface area contributed by atoms with E-state index in [1.807, 2.05) is 0 Å². The summed E-state index contributed by atoms with van der Waals surface area (Å²) in [6, 6.07) is 5.83. The second-order valence-electron chi connectivity index (χ2n) is 3.65. The van der Waals surface area contributed by atoms with E-state index in [2.05, 4.69) is 31.5 Å². The van der Waals surface area contributed by atoms with Crippen molar-refractivity contribution in [2.45, 2.75) is 0 Å². The molecule has 0 aliphatic heterocycles. The minimum Gasteiger partial charge on any atom is -0.371 e. The highest BCUT2D eigenvalue weighted by molar-refractivity contribution is 9.10. The summed E-state index contributed by atoms with van der Waals surface area (Å²) in [6.45, 7) is 0. The summed E-state index contributed by atoms with van der Waals surface area (Å²) in [5.74, 6) is -1.71. The van der Waals surface area contributed by atoms with Gasteiger partial charge in [-0.2, -0.15) is 0 Å². The van der Waals surface area contributed by atoms with E-state index in [9.17, 15) is 8.78 Å². The number of halogens is 4. The first-order valence-corrected chi connectivity index (χ1v) is 6.44. The van der Waals surface area contributed by atoms with E-state index in [-0.39, 0.29) is 11.6 Å². The molecule has 0 amide bonds. The lowest BCUT2D eigenvalue weighted by molar-refractivity contribution is 0.580. The smallest absolute Gasteiger partial charge is 0.169 e. The van der Waals surface area contributed by atoms with Crippen LogP contribution >= 0.6 is 27.5 Å². The summed E-state index contributed by atoms with van der Waals surface area (Å²) in [7, 11) is 1.50. The van der Waals surface area contributed by atoms with Crippen molar-refractivity contribution in [1.82, 2.24) is 4.98 Å². The SMILES string of the molecule is CNc1nc(Nc2cc(Br)ccc2Cl)c(F)cc1F. The van der Waals surface area contributed by atoms with Crippen LogP contribution in [0.3, 0.4) is 0 Å². The fraction of sp³-hybridized carbons (Fsp3) is 0.0833. The Labute approximate surface area is 122 Å². The maximum Gasteiger partial charge on any atom is 0.169 e. The maximum atomic E-state index is 13.6. The highest BCUT2D eigenvalue weighted by atomic mass is 79.9. The largest absolute Gasteiger partial charge is 0.371 e. The molecule has 0 aliphatic rings. The van der Waals surface area contributed by atoms with Crippen molar-refractivity contribution < 1.29 is 8.78 Å². The Balaban J connectivity index is 2.40. The third kappa shape index (κ3) is 3.13. The van der Waals surface area contributed by atoms with Crippen LogP contribution in [0.1, 0.15) is 0 Å². The maximum absolute atomic E-state index is 13.6. The second kappa shape index (κ2) is 5.71. The lowest BCUT2D eigenvalue weighted by atomic mass is 10.3. The van der Waals surface area contributed by atoms with Gasteiger partial charge < -0.3 is 10.6 Å². The Morgan fingerprint density at radius 3 is 2.53 bits per heavy atom. The van der Waals surface area contributed by atoms with E-state index in [0.29, 0.717) is 10.7 Å². The Hall–Kier alpha value is -1.40. The summed E-state index contributed by atoms with van der Waals surface area (Å²) < 4.78 is 27.7. The van der Waals surface area contributed by atoms with Gasteiger partial charge in [0.25, 0.3) is 0 Å². The van der Waals surface area contributed by atoms with Gasteiger partial charge in [-0.05, 0) is 18.2 Å². The van der Waals surface area contributed by atoms with E-state index in [4.69, 9.17) is 11.6 Å². The predicted molar refractivity (Wildman–Crippen MR) is 76.1 cm³/mol. The molecular weight excluding hydrogens is 340 g/mol. The fourth-order valence-corrected chi connectivity index (χ4v) is 1.98. The van der Waals surface area contributed by atoms with E-state index < -0.39 is 11.6 Å². The summed E-state index contributed by atoms with van der Waals surface area (Å²) in [5.41, 5.74) is 0.469. The van der Waals surface area contributed by atoms with Crippen molar-refractivity contribution in [2.24, 2.45) is 0 Å². The Morgan fingerprint density at radius 1 is 1.16 bits per heavy atom. The molecule has 2 N–H and O–H groups in total. The molecule has 100 valence electrons. The van der Waals surface area contributed by atoms with Crippen LogP contribution in [0.4, 0.5) is 26.1 Å². The Bertz CT molecular complexity index is 622. The Morgan fingerprint density at radius 2 is 1.84 bits per heavy atom. The summed E-state index contributed by atoms with van der Waals surface area (Å²) >= 11 is 9.26. The molecule has 0 saturated heterocycles. The van der Waals surface area contributed by atoms with Crippen molar-refractivity contribution >= 4 is 44.9 Å². The van der Waals surface area contributed by atoms with Gasteiger partial charge in [0.05, 0.1) is 10.7 Å². The first-order valence-electron chi connectivity index (χ1n) is 5.27. The molecule has 2 aromatic rings. The molecule has 2 rings (SSSR count). The first kappa shape index (κ1) is 14.0. The van der Waals surface area contributed by atoms with E-state index >= 15 is 0 Å². The fourth-order valence-electron chi connectivity index (χ4n) is 1.45. The molecule has 0 atom stereocenters. The van der Waals surface area contributed by atoms with Gasteiger partial charge in [-0.15, -0.1) is 0 Å². The van der Waals surface area contributed by atoms with Gasteiger partial charge in [-0.3, -0.25) is 0 Å². The molecule has 0 radical (unpaired) electrons. The summed E-state index contributed by atoms with van der Waals surface area (Å²) in [5, 5.41) is 5.67. The summed E-state index contributed by atoms with van der Waals surface area (Å²) in [6.07, 6.45) is 0. The van der Waals surface area contributed by atoms with Gasteiger partial charge in [0.15, 0.2) is 23.3 Å². The van der Waals surface area contributed by atoms with Gasteiger partial charge >= 0.3 is 0 Å². The van der Waals surface area contributed by atoms with Gasteiger partial charge in [0.1, 0.15) is 0 Å². The lowest BCUT2D eigenvalue weighted by Gasteiger charge is -2.11. The lowest BCUT2D eigenvalue weighted by Crippen LogP contribution is -2.03. The van der Waals surface area contributed by atoms with Crippen LogP contribution < -0.4 is 10.6 Å². The van der Waals surface area contributed by atoms with Crippen LogP contribution in [0.2, 0.25) is 5.02 Å². The standard InChI is InChI=1S/C12H9BrClF2N3/c1-17-11-8(15)5-9(16)12(19-11)18-10-4-6(13)2-3-7(10)14/h2-5H,1H3,(H2,17,18,19). The second-order valence-corrected chi connectivity index (χ2v) is 4.97. The number of pyridine rings is 1. The molecule has 0 fully saturated rings. The average molecular weight is 349 g/mol. The van der Waals surface area contributed by atoms with Crippen molar-refractivity contribution in [3.8, 4) is 0 Å². The van der Waals surface area contributed by atoms with Gasteiger partial charge in [-0.25, -0.2) is 13.8 Å². The van der Waals surface area contributed by atoms with Gasteiger partial charge in [0, 0.05) is 17.6 Å². The minimum absolute atomic E-state index is 0.0463. The van der Waals surface area contributed by atoms with Crippen molar-refractivity contribution in [2.75, 3.05) is 17.7 Å². The number of nitrogens with zero attached hydrogens (tertiary/aromatic N) is 1. The molecule has 7 heteroatoms. The molecular formula is C12H9BrClF2N3. The zero-order chi connectivity index (χ0) is 14.0. The number of aromatic nitrogens is 1. The van der Waals surface area contributed by atoms with Gasteiger partial charge in [-0.1, -0.05) is 27.5 Å². The highest BCUT2D eigenvalue weighted by Crippen LogP contribution is 2.29. The average Bonchev–Trinajstić information content (AvgIpc) is 2.37. The molecule has 0 unspecified atom stereocenters. The van der Waals surface area contributed by atoms with Crippen molar-refractivity contribution in [3.63, 3.8) is 0 Å². The third-order valence-electron chi connectivity index (χ3n) is 2.35. The topological polar surface area (TPSA) is 37.0 Å². The van der Waals surface area contributed by atoms with E-state index in [1.54, 1.807) is 18.2 Å². The molecule has 1 aromatic heterocycles. The zero-order valence-electron chi connectivity index (χ0n) is 9.77. The molecule has 0 saturated carbocycles. The predicted octanol–water partition coefficient (Wildman–Crippen LogP) is 4.56. The summed E-state index contributed by atoms with van der Waals surface area (Å²) in [4.78, 5) is 3.81. The highest BCUT2D eigenvalue weighted by Gasteiger charge is 2.12. The number of hydrogen-bond donors (Lipinski definition) is 2. The van der Waals surface area contributed by atoms with Crippen LogP contribution in [0, 0.1) is 11.6 Å². The van der Waals surface area contributed by atoms with Crippen molar-refractivity contribution in [1.29, 1.82) is 0 Å². The van der Waals surface area contributed by atoms with E-state index in [0.717, 1.165) is 10.5 Å². The quantitative estimate of drug-likeness (QED) is 0.854. The van der Waals surface area contributed by atoms with Crippen LogP contribution in [0.5, 0.6) is 0 Å². The Kier molecular flexibility index (Phi) is 4.21. The van der Waals surface area contributed by atoms with Crippen LogP contribution in [0.15, 0.2) is 28.7 Å². The molecule has 19 heavy (non-hydrogen) atoms. The first-order chi connectivity index (χ1) is 9.01. The zero-order valence-corrected chi connectivity index (χ0v) is 12.1.